The van der Waals surface area contributed by atoms with Crippen molar-refractivity contribution in [3.63, 3.8) is 0 Å². The Kier molecular flexibility index (Phi) is 3.91. The largest absolute Gasteiger partial charge is 0.469 e. The molecule has 2 N–H and O–H groups in total. The number of furan rings is 1. The van der Waals surface area contributed by atoms with E-state index in [0.717, 1.165) is 5.76 Å². The Labute approximate surface area is 90.0 Å². The smallest absolute Gasteiger partial charge is 0.256 e. The fraction of sp³-hybridized carbons (Fsp3) is 0.545. The number of nitrogens with two attached hydrogens (primary N) is 1. The van der Waals surface area contributed by atoms with Crippen LogP contribution in [0.2, 0.25) is 0 Å². The molecule has 0 saturated carbocycles. The fourth-order valence-corrected chi connectivity index (χ4v) is 1.40. The molecule has 15 heavy (non-hydrogen) atoms. The summed E-state index contributed by atoms with van der Waals surface area (Å²) in [5, 5.41) is 0. The molecule has 1 amide bonds. The molecule has 4 heteroatoms. The second-order valence-corrected chi connectivity index (χ2v) is 3.97. The van der Waals surface area contributed by atoms with Gasteiger partial charge in [-0.25, -0.2) is 0 Å². The van der Waals surface area contributed by atoms with Crippen molar-refractivity contribution in [1.82, 2.24) is 4.90 Å². The highest BCUT2D eigenvalue weighted by Crippen LogP contribution is 2.09. The predicted molar refractivity (Wildman–Crippen MR) is 58.6 cm³/mol. The molecular weight excluding hydrogens is 192 g/mol. The van der Waals surface area contributed by atoms with Crippen molar-refractivity contribution in [3.05, 3.63) is 23.7 Å². The standard InChI is InChI=1S/C11H18N2O2/c1-8(5-12)6-13(3)11(14)10-4-9(2)15-7-10/h4,7-8H,5-6,12H2,1-3H3. The van der Waals surface area contributed by atoms with Crippen LogP contribution < -0.4 is 5.73 Å². The monoisotopic (exact) mass is 210 g/mol. The zero-order valence-corrected chi connectivity index (χ0v) is 9.49. The maximum Gasteiger partial charge on any atom is 0.256 e. The Hall–Kier alpha value is -1.29. The average Bonchev–Trinajstić information content (AvgIpc) is 2.63. The van der Waals surface area contributed by atoms with Crippen molar-refractivity contribution in [2.24, 2.45) is 11.7 Å². The minimum atomic E-state index is -0.0212. The summed E-state index contributed by atoms with van der Waals surface area (Å²) in [6, 6.07) is 1.74. The van der Waals surface area contributed by atoms with Gasteiger partial charge in [0, 0.05) is 13.6 Å². The lowest BCUT2D eigenvalue weighted by Crippen LogP contribution is -2.33. The molecule has 0 aromatic carbocycles. The van der Waals surface area contributed by atoms with E-state index in [1.165, 1.54) is 6.26 Å². The lowest BCUT2D eigenvalue weighted by Gasteiger charge is -2.19. The van der Waals surface area contributed by atoms with E-state index in [2.05, 4.69) is 0 Å². The number of amides is 1. The van der Waals surface area contributed by atoms with E-state index in [9.17, 15) is 4.79 Å². The van der Waals surface area contributed by atoms with Crippen LogP contribution in [0.3, 0.4) is 0 Å². The lowest BCUT2D eigenvalue weighted by molar-refractivity contribution is 0.0776. The van der Waals surface area contributed by atoms with Gasteiger partial charge < -0.3 is 15.1 Å². The van der Waals surface area contributed by atoms with E-state index in [4.69, 9.17) is 10.2 Å². The molecule has 0 radical (unpaired) electrons. The van der Waals surface area contributed by atoms with E-state index < -0.39 is 0 Å². The minimum absolute atomic E-state index is 0.0212. The average molecular weight is 210 g/mol. The molecule has 4 nitrogen and oxygen atoms in total. The Morgan fingerprint density at radius 2 is 2.33 bits per heavy atom. The zero-order valence-electron chi connectivity index (χ0n) is 9.49. The first-order valence-electron chi connectivity index (χ1n) is 5.05. The molecule has 0 saturated heterocycles. The van der Waals surface area contributed by atoms with Crippen molar-refractivity contribution < 1.29 is 9.21 Å². The molecule has 1 unspecified atom stereocenters. The van der Waals surface area contributed by atoms with Gasteiger partial charge in [-0.3, -0.25) is 4.79 Å². The van der Waals surface area contributed by atoms with Crippen LogP contribution in [0.25, 0.3) is 0 Å². The van der Waals surface area contributed by atoms with Crippen LogP contribution in [-0.2, 0) is 0 Å². The first-order valence-corrected chi connectivity index (χ1v) is 5.05. The molecule has 0 aliphatic rings. The molecule has 0 aliphatic carbocycles. The molecule has 1 atom stereocenters. The van der Waals surface area contributed by atoms with Crippen molar-refractivity contribution in [1.29, 1.82) is 0 Å². The van der Waals surface area contributed by atoms with Gasteiger partial charge >= 0.3 is 0 Å². The van der Waals surface area contributed by atoms with Crippen LogP contribution >= 0.6 is 0 Å². The Morgan fingerprint density at radius 1 is 1.67 bits per heavy atom. The second-order valence-electron chi connectivity index (χ2n) is 3.97. The number of carbonyl (C=O) groups excluding carboxylic acids is 1. The van der Waals surface area contributed by atoms with Crippen molar-refractivity contribution in [2.45, 2.75) is 13.8 Å². The number of nitrogens with zero attached hydrogens (tertiary/aromatic N) is 1. The molecule has 1 heterocycles. The fourth-order valence-electron chi connectivity index (χ4n) is 1.40. The number of hydrogen-bond acceptors (Lipinski definition) is 3. The molecule has 0 bridgehead atoms. The van der Waals surface area contributed by atoms with Gasteiger partial charge in [-0.15, -0.1) is 0 Å². The van der Waals surface area contributed by atoms with Gasteiger partial charge in [0.05, 0.1) is 5.56 Å². The van der Waals surface area contributed by atoms with E-state index in [1.807, 2.05) is 13.8 Å². The van der Waals surface area contributed by atoms with Crippen molar-refractivity contribution >= 4 is 5.91 Å². The Bertz CT molecular complexity index is 333. The predicted octanol–water partition coefficient (Wildman–Crippen LogP) is 1.25. The van der Waals surface area contributed by atoms with E-state index >= 15 is 0 Å². The van der Waals surface area contributed by atoms with E-state index in [0.29, 0.717) is 24.6 Å². The molecule has 0 aliphatic heterocycles. The van der Waals surface area contributed by atoms with Gasteiger partial charge in [-0.2, -0.15) is 0 Å². The zero-order chi connectivity index (χ0) is 11.4. The topological polar surface area (TPSA) is 59.5 Å². The summed E-state index contributed by atoms with van der Waals surface area (Å²) >= 11 is 0. The van der Waals surface area contributed by atoms with Crippen LogP contribution in [0, 0.1) is 12.8 Å². The summed E-state index contributed by atoms with van der Waals surface area (Å²) in [6.45, 7) is 5.09. The second kappa shape index (κ2) is 4.98. The first-order chi connectivity index (χ1) is 7.04. The van der Waals surface area contributed by atoms with E-state index in [1.54, 1.807) is 18.0 Å². The van der Waals surface area contributed by atoms with Crippen LogP contribution in [0.1, 0.15) is 23.0 Å². The summed E-state index contributed by atoms with van der Waals surface area (Å²) in [7, 11) is 1.77. The van der Waals surface area contributed by atoms with Gasteiger partial charge in [-0.05, 0) is 25.5 Å². The molecule has 1 rings (SSSR count). The van der Waals surface area contributed by atoms with Crippen molar-refractivity contribution in [2.75, 3.05) is 20.1 Å². The summed E-state index contributed by atoms with van der Waals surface area (Å²) in [6.07, 6.45) is 1.49. The van der Waals surface area contributed by atoms with Gasteiger partial charge in [0.15, 0.2) is 0 Å². The lowest BCUT2D eigenvalue weighted by atomic mass is 10.1. The highest BCUT2D eigenvalue weighted by molar-refractivity contribution is 5.93. The van der Waals surface area contributed by atoms with Crippen LogP contribution in [0.4, 0.5) is 0 Å². The first kappa shape index (κ1) is 11.8. The summed E-state index contributed by atoms with van der Waals surface area (Å²) < 4.78 is 5.09. The van der Waals surface area contributed by atoms with Crippen LogP contribution in [-0.4, -0.2) is 30.9 Å². The molecule has 0 fully saturated rings. The highest BCUT2D eigenvalue weighted by Gasteiger charge is 2.15. The third-order valence-corrected chi connectivity index (χ3v) is 2.31. The van der Waals surface area contributed by atoms with Crippen LogP contribution in [0.5, 0.6) is 0 Å². The van der Waals surface area contributed by atoms with Gasteiger partial charge in [0.2, 0.25) is 0 Å². The third-order valence-electron chi connectivity index (χ3n) is 2.31. The summed E-state index contributed by atoms with van der Waals surface area (Å²) in [5.41, 5.74) is 6.10. The van der Waals surface area contributed by atoms with Gasteiger partial charge in [0.1, 0.15) is 12.0 Å². The minimum Gasteiger partial charge on any atom is -0.469 e. The highest BCUT2D eigenvalue weighted by atomic mass is 16.3. The third kappa shape index (κ3) is 3.09. The maximum absolute atomic E-state index is 11.8. The summed E-state index contributed by atoms with van der Waals surface area (Å²) in [4.78, 5) is 13.5. The molecule has 1 aromatic heterocycles. The molecule has 0 spiro atoms. The number of hydrogen-bond donors (Lipinski definition) is 1. The summed E-state index contributed by atoms with van der Waals surface area (Å²) in [5.74, 6) is 1.04. The quantitative estimate of drug-likeness (QED) is 0.813. The number of aryl methyl sites for hydroxylation is 1. The van der Waals surface area contributed by atoms with Crippen LogP contribution in [0.15, 0.2) is 16.7 Å². The number of carbonyl (C=O) groups is 1. The SMILES string of the molecule is Cc1cc(C(=O)N(C)CC(C)CN)co1. The van der Waals surface area contributed by atoms with Gasteiger partial charge in [0.25, 0.3) is 5.91 Å². The maximum atomic E-state index is 11.8. The van der Waals surface area contributed by atoms with Crippen molar-refractivity contribution in [3.8, 4) is 0 Å². The Balaban J connectivity index is 2.60. The van der Waals surface area contributed by atoms with Gasteiger partial charge in [-0.1, -0.05) is 6.92 Å². The van der Waals surface area contributed by atoms with E-state index in [-0.39, 0.29) is 5.91 Å². The molecule has 1 aromatic rings. The Morgan fingerprint density at radius 3 is 2.80 bits per heavy atom. The molecule has 84 valence electrons. The normalized spacial score (nSPS) is 12.5. The number of rotatable bonds is 4. The molecular formula is C11H18N2O2.